The van der Waals surface area contributed by atoms with E-state index < -0.39 is 5.54 Å². The van der Waals surface area contributed by atoms with E-state index in [1.807, 2.05) is 14.0 Å². The largest absolute Gasteiger partial charge is 0.370 e. The zero-order valence-electron chi connectivity index (χ0n) is 12.6. The fourth-order valence-corrected chi connectivity index (χ4v) is 2.76. The summed E-state index contributed by atoms with van der Waals surface area (Å²) in [5.41, 5.74) is -0.556. The summed E-state index contributed by atoms with van der Waals surface area (Å²) in [5.74, 6) is 0. The van der Waals surface area contributed by atoms with E-state index in [4.69, 9.17) is 4.74 Å². The molecule has 1 rings (SSSR count). The Morgan fingerprint density at radius 3 is 2.67 bits per heavy atom. The van der Waals surface area contributed by atoms with Crippen LogP contribution in [0.4, 0.5) is 0 Å². The summed E-state index contributed by atoms with van der Waals surface area (Å²) in [6.07, 6.45) is 1.07. The minimum absolute atomic E-state index is 0.103. The van der Waals surface area contributed by atoms with Crippen molar-refractivity contribution in [2.24, 2.45) is 0 Å². The lowest BCUT2D eigenvalue weighted by Crippen LogP contribution is -2.56. The molecule has 1 N–H and O–H groups in total. The van der Waals surface area contributed by atoms with Gasteiger partial charge in [0.05, 0.1) is 17.8 Å². The molecular formula is C14H27N3O. The van der Waals surface area contributed by atoms with Gasteiger partial charge in [-0.1, -0.05) is 0 Å². The first-order valence-corrected chi connectivity index (χ1v) is 6.73. The predicted octanol–water partition coefficient (Wildman–Crippen LogP) is 1.77. The topological polar surface area (TPSA) is 48.3 Å². The van der Waals surface area contributed by atoms with Crippen LogP contribution < -0.4 is 5.32 Å². The molecule has 0 aromatic carbocycles. The summed E-state index contributed by atoms with van der Waals surface area (Å²) in [4.78, 5) is 2.43. The Morgan fingerprint density at radius 1 is 1.61 bits per heavy atom. The number of hydrogen-bond donors (Lipinski definition) is 1. The minimum atomic E-state index is -0.453. The van der Waals surface area contributed by atoms with Crippen molar-refractivity contribution in [2.45, 2.75) is 64.3 Å². The predicted molar refractivity (Wildman–Crippen MR) is 73.4 cm³/mol. The number of nitriles is 1. The Kier molecular flexibility index (Phi) is 4.77. The second-order valence-corrected chi connectivity index (χ2v) is 6.36. The molecule has 0 amide bonds. The maximum absolute atomic E-state index is 9.23. The van der Waals surface area contributed by atoms with E-state index >= 15 is 0 Å². The lowest BCUT2D eigenvalue weighted by Gasteiger charge is -2.45. The van der Waals surface area contributed by atoms with Gasteiger partial charge in [-0.2, -0.15) is 5.26 Å². The van der Waals surface area contributed by atoms with E-state index in [1.165, 1.54) is 0 Å². The first kappa shape index (κ1) is 15.4. The van der Waals surface area contributed by atoms with Crippen LogP contribution in [0.3, 0.4) is 0 Å². The molecule has 0 saturated carbocycles. The molecule has 0 aromatic rings. The Labute approximate surface area is 111 Å². The van der Waals surface area contributed by atoms with E-state index in [2.05, 4.69) is 44.0 Å². The zero-order chi connectivity index (χ0) is 14.0. The van der Waals surface area contributed by atoms with Gasteiger partial charge >= 0.3 is 0 Å². The molecule has 0 aliphatic carbocycles. The van der Waals surface area contributed by atoms with Crippen molar-refractivity contribution in [3.05, 3.63) is 0 Å². The average molecular weight is 253 g/mol. The van der Waals surface area contributed by atoms with Gasteiger partial charge in [-0.3, -0.25) is 4.90 Å². The molecule has 1 aliphatic rings. The van der Waals surface area contributed by atoms with Crippen LogP contribution in [0.15, 0.2) is 0 Å². The number of nitrogens with zero attached hydrogens (tertiary/aromatic N) is 2. The summed E-state index contributed by atoms with van der Waals surface area (Å²) in [6, 6.07) is 2.73. The van der Waals surface area contributed by atoms with Crippen LogP contribution in [0.5, 0.6) is 0 Å². The molecule has 0 bridgehead atoms. The summed E-state index contributed by atoms with van der Waals surface area (Å²) in [5, 5.41) is 12.3. The molecule has 1 aliphatic heterocycles. The maximum atomic E-state index is 9.23. The summed E-state index contributed by atoms with van der Waals surface area (Å²) >= 11 is 0. The van der Waals surface area contributed by atoms with Crippen LogP contribution in [-0.2, 0) is 4.74 Å². The first-order valence-electron chi connectivity index (χ1n) is 6.73. The minimum Gasteiger partial charge on any atom is -0.370 e. The average Bonchev–Trinajstić information content (AvgIpc) is 2.26. The normalized spacial score (nSPS) is 29.3. The van der Waals surface area contributed by atoms with Crippen molar-refractivity contribution in [3.8, 4) is 6.07 Å². The summed E-state index contributed by atoms with van der Waals surface area (Å²) < 4.78 is 5.91. The molecule has 3 atom stereocenters. The van der Waals surface area contributed by atoms with Gasteiger partial charge in [-0.15, -0.1) is 0 Å². The van der Waals surface area contributed by atoms with Crippen molar-refractivity contribution in [1.29, 1.82) is 5.26 Å². The third-order valence-electron chi connectivity index (χ3n) is 3.72. The van der Waals surface area contributed by atoms with Gasteiger partial charge in [0.25, 0.3) is 0 Å². The van der Waals surface area contributed by atoms with Crippen LogP contribution in [0, 0.1) is 11.3 Å². The van der Waals surface area contributed by atoms with Crippen LogP contribution in [-0.4, -0.2) is 48.3 Å². The molecule has 3 unspecified atom stereocenters. The monoisotopic (exact) mass is 253 g/mol. The molecule has 104 valence electrons. The summed E-state index contributed by atoms with van der Waals surface area (Å²) in [7, 11) is 1.85. The van der Waals surface area contributed by atoms with E-state index in [0.29, 0.717) is 6.04 Å². The Morgan fingerprint density at radius 2 is 2.22 bits per heavy atom. The fourth-order valence-electron chi connectivity index (χ4n) is 2.76. The third-order valence-corrected chi connectivity index (χ3v) is 3.72. The maximum Gasteiger partial charge on any atom is 0.105 e. The molecule has 0 aromatic heterocycles. The SMILES string of the molecule is CNC(C)(C#N)CC(C)N1CC(C)OC(C)(C)C1. The number of nitrogens with one attached hydrogen (secondary N) is 1. The Balaban J connectivity index is 2.67. The van der Waals surface area contributed by atoms with Gasteiger partial charge in [0.15, 0.2) is 0 Å². The van der Waals surface area contributed by atoms with Crippen LogP contribution >= 0.6 is 0 Å². The third kappa shape index (κ3) is 3.94. The first-order chi connectivity index (χ1) is 8.21. The number of morpholine rings is 1. The fraction of sp³-hybridized carbons (Fsp3) is 0.929. The van der Waals surface area contributed by atoms with Gasteiger partial charge < -0.3 is 10.1 Å². The van der Waals surface area contributed by atoms with Gasteiger partial charge in [0, 0.05) is 19.1 Å². The molecule has 0 spiro atoms. The highest BCUT2D eigenvalue weighted by Crippen LogP contribution is 2.25. The standard InChI is InChI=1S/C14H27N3O/c1-11(7-14(5,9-15)16-6)17-8-12(2)18-13(3,4)10-17/h11-12,16H,7-8,10H2,1-6H3. The Hall–Kier alpha value is -0.630. The number of rotatable bonds is 4. The highest BCUT2D eigenvalue weighted by molar-refractivity contribution is 5.05. The van der Waals surface area contributed by atoms with Gasteiger partial charge in [0.1, 0.15) is 5.54 Å². The second kappa shape index (κ2) is 5.56. The molecule has 4 nitrogen and oxygen atoms in total. The van der Waals surface area contributed by atoms with Crippen molar-refractivity contribution in [3.63, 3.8) is 0 Å². The highest BCUT2D eigenvalue weighted by Gasteiger charge is 2.35. The molecule has 1 heterocycles. The molecule has 1 saturated heterocycles. The van der Waals surface area contributed by atoms with E-state index in [1.54, 1.807) is 0 Å². The van der Waals surface area contributed by atoms with Crippen LogP contribution in [0.1, 0.15) is 41.0 Å². The van der Waals surface area contributed by atoms with Crippen molar-refractivity contribution in [1.82, 2.24) is 10.2 Å². The van der Waals surface area contributed by atoms with Gasteiger partial charge in [-0.05, 0) is 48.1 Å². The molecule has 1 fully saturated rings. The summed E-state index contributed by atoms with van der Waals surface area (Å²) in [6.45, 7) is 12.4. The van der Waals surface area contributed by atoms with E-state index in [9.17, 15) is 5.26 Å². The second-order valence-electron chi connectivity index (χ2n) is 6.36. The lowest BCUT2D eigenvalue weighted by atomic mass is 9.93. The Bertz CT molecular complexity index is 323. The smallest absolute Gasteiger partial charge is 0.105 e. The van der Waals surface area contributed by atoms with Crippen molar-refractivity contribution >= 4 is 0 Å². The van der Waals surface area contributed by atoms with Gasteiger partial charge in [-0.25, -0.2) is 0 Å². The molecule has 0 radical (unpaired) electrons. The zero-order valence-corrected chi connectivity index (χ0v) is 12.6. The highest BCUT2D eigenvalue weighted by atomic mass is 16.5. The van der Waals surface area contributed by atoms with Gasteiger partial charge in [0.2, 0.25) is 0 Å². The van der Waals surface area contributed by atoms with Crippen molar-refractivity contribution < 1.29 is 4.74 Å². The lowest BCUT2D eigenvalue weighted by molar-refractivity contribution is -0.137. The quantitative estimate of drug-likeness (QED) is 0.829. The van der Waals surface area contributed by atoms with Crippen molar-refractivity contribution in [2.75, 3.05) is 20.1 Å². The molecular weight excluding hydrogens is 226 g/mol. The van der Waals surface area contributed by atoms with E-state index in [-0.39, 0.29) is 11.7 Å². The van der Waals surface area contributed by atoms with E-state index in [0.717, 1.165) is 19.5 Å². The van der Waals surface area contributed by atoms with Crippen LogP contribution in [0.2, 0.25) is 0 Å². The number of hydrogen-bond acceptors (Lipinski definition) is 4. The molecule has 4 heteroatoms. The molecule has 18 heavy (non-hydrogen) atoms. The number of ether oxygens (including phenoxy) is 1. The van der Waals surface area contributed by atoms with Crippen LogP contribution in [0.25, 0.3) is 0 Å².